The first-order valence-electron chi connectivity index (χ1n) is 7.34. The topological polar surface area (TPSA) is 28.2 Å². The number of aryl methyl sites for hydroxylation is 1. The second kappa shape index (κ2) is 5.49. The van der Waals surface area contributed by atoms with Crippen molar-refractivity contribution in [2.75, 3.05) is 11.4 Å². The predicted octanol–water partition coefficient (Wildman–Crippen LogP) is 3.27. The van der Waals surface area contributed by atoms with E-state index >= 15 is 0 Å². The first-order valence-corrected chi connectivity index (χ1v) is 7.34. The highest BCUT2D eigenvalue weighted by Gasteiger charge is 2.22. The Balaban J connectivity index is 2.09. The smallest absolute Gasteiger partial charge is 0.131 e. The van der Waals surface area contributed by atoms with Gasteiger partial charge in [0.1, 0.15) is 5.82 Å². The van der Waals surface area contributed by atoms with E-state index in [9.17, 15) is 0 Å². The summed E-state index contributed by atoms with van der Waals surface area (Å²) in [4.78, 5) is 7.14. The van der Waals surface area contributed by atoms with Gasteiger partial charge in [0.15, 0.2) is 0 Å². The number of hydrogen-bond donors (Lipinski definition) is 1. The Labute approximate surface area is 117 Å². The first-order chi connectivity index (χ1) is 8.87. The Morgan fingerprint density at radius 3 is 2.68 bits per heavy atom. The van der Waals surface area contributed by atoms with E-state index in [1.165, 1.54) is 29.8 Å². The lowest BCUT2D eigenvalue weighted by molar-refractivity contribution is 0.424. The van der Waals surface area contributed by atoms with Gasteiger partial charge in [0.2, 0.25) is 0 Å². The van der Waals surface area contributed by atoms with Crippen LogP contribution < -0.4 is 10.2 Å². The maximum Gasteiger partial charge on any atom is 0.131 e. The Kier molecular flexibility index (Phi) is 4.14. The van der Waals surface area contributed by atoms with Crippen LogP contribution in [0.15, 0.2) is 12.3 Å². The fourth-order valence-electron chi connectivity index (χ4n) is 2.64. The zero-order chi connectivity index (χ0) is 14.0. The van der Waals surface area contributed by atoms with E-state index in [4.69, 9.17) is 4.98 Å². The molecule has 3 heteroatoms. The largest absolute Gasteiger partial charge is 0.354 e. The average Bonchev–Trinajstić information content (AvgIpc) is 2.72. The molecular weight excluding hydrogens is 234 g/mol. The van der Waals surface area contributed by atoms with Crippen LogP contribution in [-0.4, -0.2) is 23.1 Å². The molecule has 19 heavy (non-hydrogen) atoms. The van der Waals surface area contributed by atoms with E-state index in [1.807, 2.05) is 6.20 Å². The van der Waals surface area contributed by atoms with E-state index in [0.29, 0.717) is 6.04 Å². The van der Waals surface area contributed by atoms with Crippen molar-refractivity contribution in [3.63, 3.8) is 0 Å². The molecule has 1 atom stereocenters. The summed E-state index contributed by atoms with van der Waals surface area (Å²) in [6.07, 6.45) is 4.59. The van der Waals surface area contributed by atoms with Crippen molar-refractivity contribution in [2.45, 2.75) is 65.6 Å². The summed E-state index contributed by atoms with van der Waals surface area (Å²) in [5.74, 6) is 1.17. The second-order valence-corrected chi connectivity index (χ2v) is 6.77. The molecule has 0 radical (unpaired) electrons. The average molecular weight is 261 g/mol. The van der Waals surface area contributed by atoms with Crippen molar-refractivity contribution in [2.24, 2.45) is 0 Å². The van der Waals surface area contributed by atoms with Gasteiger partial charge in [0.05, 0.1) is 0 Å². The molecular formula is C16H27N3. The molecule has 1 saturated heterocycles. The van der Waals surface area contributed by atoms with Gasteiger partial charge in [-0.05, 0) is 64.7 Å². The van der Waals surface area contributed by atoms with Crippen LogP contribution >= 0.6 is 0 Å². The second-order valence-electron chi connectivity index (χ2n) is 6.77. The monoisotopic (exact) mass is 261 g/mol. The van der Waals surface area contributed by atoms with Crippen LogP contribution in [0.4, 0.5) is 5.82 Å². The lowest BCUT2D eigenvalue weighted by Crippen LogP contribution is -2.35. The highest BCUT2D eigenvalue weighted by molar-refractivity contribution is 5.49. The van der Waals surface area contributed by atoms with Gasteiger partial charge in [-0.25, -0.2) is 4.98 Å². The number of aromatic nitrogens is 1. The van der Waals surface area contributed by atoms with Crippen molar-refractivity contribution in [3.05, 3.63) is 23.4 Å². The molecule has 0 spiro atoms. The summed E-state index contributed by atoms with van der Waals surface area (Å²) < 4.78 is 0. The minimum absolute atomic E-state index is 0.149. The summed E-state index contributed by atoms with van der Waals surface area (Å²) >= 11 is 0. The van der Waals surface area contributed by atoms with Crippen molar-refractivity contribution in [1.82, 2.24) is 10.3 Å². The Morgan fingerprint density at radius 1 is 1.42 bits per heavy atom. The molecule has 0 amide bonds. The number of hydrogen-bond acceptors (Lipinski definition) is 3. The van der Waals surface area contributed by atoms with Crippen LogP contribution in [0.2, 0.25) is 0 Å². The number of rotatable bonds is 3. The molecule has 1 aromatic rings. The van der Waals surface area contributed by atoms with E-state index in [1.54, 1.807) is 0 Å². The molecule has 1 aliphatic heterocycles. The molecule has 1 aromatic heterocycles. The van der Waals surface area contributed by atoms with Crippen LogP contribution in [0.25, 0.3) is 0 Å². The third-order valence-corrected chi connectivity index (χ3v) is 3.76. The number of nitrogens with zero attached hydrogens (tertiary/aromatic N) is 2. The maximum atomic E-state index is 4.70. The predicted molar refractivity (Wildman–Crippen MR) is 81.6 cm³/mol. The molecule has 0 aliphatic carbocycles. The van der Waals surface area contributed by atoms with Crippen LogP contribution in [-0.2, 0) is 6.54 Å². The molecule has 1 N–H and O–H groups in total. The zero-order valence-electron chi connectivity index (χ0n) is 13.0. The zero-order valence-corrected chi connectivity index (χ0v) is 13.0. The molecule has 3 nitrogen and oxygen atoms in total. The molecule has 106 valence electrons. The number of nitrogens with one attached hydrogen (secondary N) is 1. The van der Waals surface area contributed by atoms with Crippen molar-refractivity contribution < 1.29 is 0 Å². The van der Waals surface area contributed by atoms with Gasteiger partial charge >= 0.3 is 0 Å². The Morgan fingerprint density at radius 2 is 2.16 bits per heavy atom. The molecule has 1 unspecified atom stereocenters. The van der Waals surface area contributed by atoms with Crippen molar-refractivity contribution in [3.8, 4) is 0 Å². The summed E-state index contributed by atoms with van der Waals surface area (Å²) in [7, 11) is 0. The highest BCUT2D eigenvalue weighted by atomic mass is 15.2. The summed E-state index contributed by atoms with van der Waals surface area (Å²) in [6.45, 7) is 13.1. The van der Waals surface area contributed by atoms with Crippen molar-refractivity contribution >= 4 is 5.82 Å². The first kappa shape index (κ1) is 14.3. The van der Waals surface area contributed by atoms with Crippen LogP contribution in [0.3, 0.4) is 0 Å². The Hall–Kier alpha value is -1.09. The van der Waals surface area contributed by atoms with E-state index < -0.39 is 0 Å². The third kappa shape index (κ3) is 3.69. The summed E-state index contributed by atoms with van der Waals surface area (Å²) in [6, 6.07) is 2.90. The summed E-state index contributed by atoms with van der Waals surface area (Å²) in [5.41, 5.74) is 2.71. The minimum Gasteiger partial charge on any atom is -0.354 e. The number of anilines is 1. The molecule has 2 rings (SSSR count). The Bertz CT molecular complexity index is 434. The highest BCUT2D eigenvalue weighted by Crippen LogP contribution is 2.26. The molecule has 0 saturated carbocycles. The number of pyridine rings is 1. The van der Waals surface area contributed by atoms with E-state index in [-0.39, 0.29) is 5.54 Å². The fraction of sp³-hybridized carbons (Fsp3) is 0.688. The molecule has 1 fully saturated rings. The van der Waals surface area contributed by atoms with Gasteiger partial charge in [-0.2, -0.15) is 0 Å². The lowest BCUT2D eigenvalue weighted by atomic mass is 10.1. The lowest BCUT2D eigenvalue weighted by Gasteiger charge is -2.25. The molecule has 2 heterocycles. The fourth-order valence-corrected chi connectivity index (χ4v) is 2.64. The van der Waals surface area contributed by atoms with E-state index in [0.717, 1.165) is 13.1 Å². The molecule has 0 bridgehead atoms. The van der Waals surface area contributed by atoms with Crippen molar-refractivity contribution in [1.29, 1.82) is 0 Å². The molecule has 1 aliphatic rings. The van der Waals surface area contributed by atoms with E-state index in [2.05, 4.69) is 50.9 Å². The minimum atomic E-state index is 0.149. The van der Waals surface area contributed by atoms with Gasteiger partial charge in [-0.15, -0.1) is 0 Å². The normalized spacial score (nSPS) is 20.1. The van der Waals surface area contributed by atoms with Crippen LogP contribution in [0.1, 0.15) is 51.7 Å². The van der Waals surface area contributed by atoms with Crippen LogP contribution in [0.5, 0.6) is 0 Å². The van der Waals surface area contributed by atoms with Gasteiger partial charge in [-0.3, -0.25) is 0 Å². The molecule has 0 aromatic carbocycles. The SMILES string of the molecule is Cc1cc(CNC(C)(C)C)cnc1N1CCCC1C. The van der Waals surface area contributed by atoms with Gasteiger partial charge in [0, 0.05) is 30.9 Å². The van der Waals surface area contributed by atoms with Crippen LogP contribution in [0, 0.1) is 6.92 Å². The third-order valence-electron chi connectivity index (χ3n) is 3.76. The maximum absolute atomic E-state index is 4.70. The van der Waals surface area contributed by atoms with Gasteiger partial charge < -0.3 is 10.2 Å². The quantitative estimate of drug-likeness (QED) is 0.905. The standard InChI is InChI=1S/C16H27N3/c1-12-9-14(11-18-16(3,4)5)10-17-15(12)19-8-6-7-13(19)2/h9-10,13,18H,6-8,11H2,1-5H3. The van der Waals surface area contributed by atoms with Gasteiger partial charge in [0.25, 0.3) is 0 Å². The summed E-state index contributed by atoms with van der Waals surface area (Å²) in [5, 5.41) is 3.51. The van der Waals surface area contributed by atoms with Gasteiger partial charge in [-0.1, -0.05) is 0 Å².